The quantitative estimate of drug-likeness (QED) is 0.101. The summed E-state index contributed by atoms with van der Waals surface area (Å²) in [5.41, 5.74) is 7.46. The molecule has 190 valence electrons. The Bertz CT molecular complexity index is 1150. The van der Waals surface area contributed by atoms with Crippen LogP contribution < -0.4 is 20.1 Å². The maximum absolute atomic E-state index is 13.2. The van der Waals surface area contributed by atoms with Crippen LogP contribution in [0, 0.1) is 0 Å². The van der Waals surface area contributed by atoms with Gasteiger partial charge in [-0.05, 0) is 87.7 Å². The second-order valence-corrected chi connectivity index (χ2v) is 8.92. The Morgan fingerprint density at radius 1 is 0.944 bits per heavy atom. The summed E-state index contributed by atoms with van der Waals surface area (Å²) in [6.07, 6.45) is 2.68. The minimum atomic E-state index is -0.146. The summed E-state index contributed by atoms with van der Waals surface area (Å²) in [4.78, 5) is 14.9. The highest BCUT2D eigenvalue weighted by molar-refractivity contribution is 6.34. The number of oxime groups is 1. The number of para-hydroxylation sites is 1. The highest BCUT2D eigenvalue weighted by Gasteiger charge is 2.22. The zero-order valence-electron chi connectivity index (χ0n) is 20.6. The molecule has 0 aromatic heterocycles. The van der Waals surface area contributed by atoms with E-state index in [4.69, 9.17) is 32.0 Å². The summed E-state index contributed by atoms with van der Waals surface area (Å²) < 4.78 is 11.6. The lowest BCUT2D eigenvalue weighted by molar-refractivity contribution is 0.0980. The maximum Gasteiger partial charge on any atom is 0.260 e. The molecule has 7 nitrogen and oxygen atoms in total. The fraction of sp³-hybridized carbons (Fsp3) is 0.286. The van der Waals surface area contributed by atoms with Crippen LogP contribution in [0.15, 0.2) is 78.0 Å². The van der Waals surface area contributed by atoms with E-state index in [-0.39, 0.29) is 17.8 Å². The van der Waals surface area contributed by atoms with E-state index in [1.54, 1.807) is 47.4 Å². The molecule has 0 fully saturated rings. The first-order chi connectivity index (χ1) is 17.4. The van der Waals surface area contributed by atoms with E-state index in [0.717, 1.165) is 30.7 Å². The van der Waals surface area contributed by atoms with Crippen molar-refractivity contribution >= 4 is 29.0 Å². The Hall–Kier alpha value is -3.71. The number of carbonyl (C=O) groups excluding carboxylic acids is 1. The molecule has 3 aromatic carbocycles. The highest BCUT2D eigenvalue weighted by atomic mass is 35.5. The maximum atomic E-state index is 13.2. The van der Waals surface area contributed by atoms with E-state index in [0.29, 0.717) is 35.1 Å². The van der Waals surface area contributed by atoms with Crippen molar-refractivity contribution in [3.8, 4) is 11.5 Å². The standard InChI is InChI=1S/C28H32ClN3O4/c1-20(2)32(22-9-5-3-6-10-22)28(33)25-16-15-24(19-26(25)29)36-18-8-4-7-17-35-23-13-11-21(12-14-23)27(30)31-34/h3,5-6,9-16,19-20,34H,4,7-8,17-18H2,1-2H3,(H2,30,31). The molecule has 0 aliphatic carbocycles. The lowest BCUT2D eigenvalue weighted by Crippen LogP contribution is -2.37. The lowest BCUT2D eigenvalue weighted by Gasteiger charge is -2.27. The van der Waals surface area contributed by atoms with Crippen LogP contribution in [0.4, 0.5) is 5.69 Å². The van der Waals surface area contributed by atoms with E-state index in [1.165, 1.54) is 0 Å². The van der Waals surface area contributed by atoms with E-state index in [1.807, 2.05) is 44.2 Å². The predicted octanol–water partition coefficient (Wildman–Crippen LogP) is 6.12. The molecule has 8 heteroatoms. The second-order valence-electron chi connectivity index (χ2n) is 8.51. The third-order valence-electron chi connectivity index (χ3n) is 5.52. The number of rotatable bonds is 12. The summed E-state index contributed by atoms with van der Waals surface area (Å²) in [5, 5.41) is 12.0. The molecule has 0 saturated carbocycles. The van der Waals surface area contributed by atoms with Crippen molar-refractivity contribution in [2.75, 3.05) is 18.1 Å². The third-order valence-corrected chi connectivity index (χ3v) is 5.84. The molecule has 0 aliphatic rings. The second kappa shape index (κ2) is 13.4. The summed E-state index contributed by atoms with van der Waals surface area (Å²) >= 11 is 6.47. The number of hydrogen-bond donors (Lipinski definition) is 2. The van der Waals surface area contributed by atoms with Gasteiger partial charge in [0.15, 0.2) is 5.84 Å². The normalized spacial score (nSPS) is 11.4. The third kappa shape index (κ3) is 7.39. The minimum Gasteiger partial charge on any atom is -0.494 e. The first-order valence-corrected chi connectivity index (χ1v) is 12.3. The Morgan fingerprint density at radius 3 is 2.14 bits per heavy atom. The number of nitrogens with zero attached hydrogens (tertiary/aromatic N) is 2. The molecule has 36 heavy (non-hydrogen) atoms. The van der Waals surface area contributed by atoms with Gasteiger partial charge in [-0.15, -0.1) is 0 Å². The van der Waals surface area contributed by atoms with Crippen molar-refractivity contribution in [2.24, 2.45) is 10.9 Å². The van der Waals surface area contributed by atoms with Crippen LogP contribution >= 0.6 is 11.6 Å². The molecule has 3 rings (SSSR count). The average Bonchev–Trinajstić information content (AvgIpc) is 2.88. The molecule has 0 spiro atoms. The van der Waals surface area contributed by atoms with Crippen LogP contribution in [0.5, 0.6) is 11.5 Å². The number of ether oxygens (including phenoxy) is 2. The Balaban J connectivity index is 1.42. The minimum absolute atomic E-state index is 0.0188. The monoisotopic (exact) mass is 509 g/mol. The molecule has 0 unspecified atom stereocenters. The number of benzene rings is 3. The van der Waals surface area contributed by atoms with Gasteiger partial charge in [-0.1, -0.05) is 35.0 Å². The zero-order chi connectivity index (χ0) is 25.9. The lowest BCUT2D eigenvalue weighted by atomic mass is 10.1. The number of amidine groups is 1. The van der Waals surface area contributed by atoms with Crippen LogP contribution in [-0.2, 0) is 0 Å². The van der Waals surface area contributed by atoms with Gasteiger partial charge in [0, 0.05) is 17.3 Å². The highest BCUT2D eigenvalue weighted by Crippen LogP contribution is 2.27. The van der Waals surface area contributed by atoms with Gasteiger partial charge in [0.2, 0.25) is 0 Å². The molecule has 3 aromatic rings. The number of anilines is 1. The molecule has 0 heterocycles. The summed E-state index contributed by atoms with van der Waals surface area (Å²) in [7, 11) is 0. The van der Waals surface area contributed by atoms with Gasteiger partial charge < -0.3 is 25.3 Å². The number of halogens is 1. The molecular formula is C28H32ClN3O4. The molecule has 1 amide bonds. The molecule has 0 aliphatic heterocycles. The smallest absolute Gasteiger partial charge is 0.260 e. The number of carbonyl (C=O) groups is 1. The van der Waals surface area contributed by atoms with Crippen molar-refractivity contribution in [1.29, 1.82) is 0 Å². The van der Waals surface area contributed by atoms with Crippen molar-refractivity contribution in [2.45, 2.75) is 39.2 Å². The fourth-order valence-electron chi connectivity index (χ4n) is 3.67. The molecular weight excluding hydrogens is 478 g/mol. The van der Waals surface area contributed by atoms with Crippen LogP contribution in [0.25, 0.3) is 0 Å². The number of hydrogen-bond acceptors (Lipinski definition) is 5. The fourth-order valence-corrected chi connectivity index (χ4v) is 3.92. The molecule has 3 N–H and O–H groups in total. The first-order valence-electron chi connectivity index (χ1n) is 11.9. The van der Waals surface area contributed by atoms with E-state index in [9.17, 15) is 4.79 Å². The molecule has 0 bridgehead atoms. The van der Waals surface area contributed by atoms with Gasteiger partial charge in [-0.2, -0.15) is 0 Å². The first kappa shape index (κ1) is 26.9. The van der Waals surface area contributed by atoms with Gasteiger partial charge in [0.05, 0.1) is 23.8 Å². The van der Waals surface area contributed by atoms with Crippen molar-refractivity contribution in [1.82, 2.24) is 0 Å². The topological polar surface area (TPSA) is 97.4 Å². The van der Waals surface area contributed by atoms with Gasteiger partial charge in [0.1, 0.15) is 11.5 Å². The summed E-state index contributed by atoms with van der Waals surface area (Å²) in [6.45, 7) is 5.07. The van der Waals surface area contributed by atoms with Crippen molar-refractivity contribution in [3.05, 3.63) is 88.9 Å². The van der Waals surface area contributed by atoms with E-state index in [2.05, 4.69) is 5.16 Å². The van der Waals surface area contributed by atoms with Crippen molar-refractivity contribution < 1.29 is 19.5 Å². The Labute approximate surface area is 217 Å². The van der Waals surface area contributed by atoms with Gasteiger partial charge in [-0.25, -0.2) is 0 Å². The average molecular weight is 510 g/mol. The predicted molar refractivity (Wildman–Crippen MR) is 144 cm³/mol. The summed E-state index contributed by atoms with van der Waals surface area (Å²) in [5.74, 6) is 1.28. The number of amides is 1. The number of unbranched alkanes of at least 4 members (excludes halogenated alkanes) is 2. The molecule has 0 atom stereocenters. The van der Waals surface area contributed by atoms with Gasteiger partial charge in [-0.3, -0.25) is 4.79 Å². The van der Waals surface area contributed by atoms with Crippen molar-refractivity contribution in [3.63, 3.8) is 0 Å². The van der Waals surface area contributed by atoms with Crippen LogP contribution in [0.3, 0.4) is 0 Å². The molecule has 0 saturated heterocycles. The van der Waals surface area contributed by atoms with Gasteiger partial charge in [0.25, 0.3) is 5.91 Å². The van der Waals surface area contributed by atoms with E-state index < -0.39 is 0 Å². The summed E-state index contributed by atoms with van der Waals surface area (Å²) in [6, 6.07) is 21.8. The zero-order valence-corrected chi connectivity index (χ0v) is 21.3. The van der Waals surface area contributed by atoms with Gasteiger partial charge >= 0.3 is 0 Å². The SMILES string of the molecule is CC(C)N(C(=O)c1ccc(OCCCCCOc2ccc(/C(N)=N/O)cc2)cc1Cl)c1ccccc1. The Kier molecular flexibility index (Phi) is 10.0. The van der Waals surface area contributed by atoms with Crippen LogP contribution in [-0.4, -0.2) is 36.2 Å². The van der Waals surface area contributed by atoms with Crippen LogP contribution in [0.2, 0.25) is 5.02 Å². The number of nitrogens with two attached hydrogens (primary N) is 1. The molecule has 0 radical (unpaired) electrons. The largest absolute Gasteiger partial charge is 0.494 e. The van der Waals surface area contributed by atoms with E-state index >= 15 is 0 Å². The Morgan fingerprint density at radius 2 is 1.56 bits per heavy atom. The van der Waals surface area contributed by atoms with Crippen LogP contribution in [0.1, 0.15) is 49.0 Å².